The fourth-order valence-electron chi connectivity index (χ4n) is 4.91. The highest BCUT2D eigenvalue weighted by Gasteiger charge is 2.36. The number of carbonyl (C=O) groups is 1. The van der Waals surface area contributed by atoms with E-state index in [1.54, 1.807) is 4.90 Å². The number of piperazine rings is 1. The first-order valence-electron chi connectivity index (χ1n) is 13.3. The van der Waals surface area contributed by atoms with Gasteiger partial charge in [-0.2, -0.15) is 0 Å². The second-order valence-corrected chi connectivity index (χ2v) is 12.8. The van der Waals surface area contributed by atoms with Crippen LogP contribution in [0.1, 0.15) is 44.7 Å². The maximum Gasteiger partial charge on any atom is 0.410 e. The highest BCUT2D eigenvalue weighted by Crippen LogP contribution is 2.29. The molecule has 4 rings (SSSR count). The third-order valence-electron chi connectivity index (χ3n) is 7.05. The number of benzene rings is 2. The van der Waals surface area contributed by atoms with Gasteiger partial charge in [-0.15, -0.1) is 0 Å². The molecule has 208 valence electrons. The minimum Gasteiger partial charge on any atom is -0.489 e. The minimum atomic E-state index is -0.713. The van der Waals surface area contributed by atoms with Crippen molar-refractivity contribution >= 4 is 33.6 Å². The summed E-state index contributed by atoms with van der Waals surface area (Å²) in [7, 11) is 0. The number of ether oxygens (including phenoxy) is 2. The third kappa shape index (κ3) is 8.58. The van der Waals surface area contributed by atoms with E-state index in [2.05, 4.69) is 31.8 Å². The summed E-state index contributed by atoms with van der Waals surface area (Å²) in [6, 6.07) is 13.8. The lowest BCUT2D eigenvalue weighted by molar-refractivity contribution is -0.0547. The molecular weight excluding hydrogens is 570 g/mol. The number of hydrogen-bond acceptors (Lipinski definition) is 6. The average molecular weight is 609 g/mol. The van der Waals surface area contributed by atoms with Gasteiger partial charge in [0.05, 0.1) is 5.60 Å². The standard InChI is InChI=1S/C29H39BrClN3O4/c1-28(2,3)38-27(35)34-16-14-33(15-17-34)21-29(36)10-12-32(13-11-29)19-23-18-24(30)6-9-26(23)37-20-22-4-7-25(31)8-5-22/h4-9,18,36H,10-17,19-21H2,1-3H3. The molecule has 1 amide bonds. The molecule has 0 aromatic heterocycles. The van der Waals surface area contributed by atoms with Gasteiger partial charge in [0.25, 0.3) is 0 Å². The van der Waals surface area contributed by atoms with Crippen molar-refractivity contribution in [2.75, 3.05) is 45.8 Å². The SMILES string of the molecule is CC(C)(C)OC(=O)N1CCN(CC2(O)CCN(Cc3cc(Br)ccc3OCc3ccc(Cl)cc3)CC2)CC1. The van der Waals surface area contributed by atoms with Crippen LogP contribution >= 0.6 is 27.5 Å². The maximum atomic E-state index is 12.3. The molecule has 2 fully saturated rings. The van der Waals surface area contributed by atoms with Gasteiger partial charge in [-0.05, 0) is 69.5 Å². The van der Waals surface area contributed by atoms with Crippen molar-refractivity contribution in [3.05, 3.63) is 63.1 Å². The zero-order chi connectivity index (χ0) is 27.3. The first-order chi connectivity index (χ1) is 18.0. The van der Waals surface area contributed by atoms with Crippen LogP contribution in [0.15, 0.2) is 46.9 Å². The minimum absolute atomic E-state index is 0.256. The van der Waals surface area contributed by atoms with Gasteiger partial charge in [-0.25, -0.2) is 4.79 Å². The van der Waals surface area contributed by atoms with Gasteiger partial charge in [-0.1, -0.05) is 39.7 Å². The summed E-state index contributed by atoms with van der Waals surface area (Å²) in [6.45, 7) is 11.9. The van der Waals surface area contributed by atoms with Crippen LogP contribution in [-0.4, -0.2) is 82.9 Å². The Labute approximate surface area is 239 Å². The number of halogens is 2. The molecule has 0 spiro atoms. The van der Waals surface area contributed by atoms with Crippen molar-refractivity contribution in [3.8, 4) is 5.75 Å². The van der Waals surface area contributed by atoms with E-state index in [0.717, 1.165) is 54.1 Å². The predicted octanol–water partition coefficient (Wildman–Crippen LogP) is 5.56. The summed E-state index contributed by atoms with van der Waals surface area (Å²) in [5.74, 6) is 0.867. The summed E-state index contributed by atoms with van der Waals surface area (Å²) in [4.78, 5) is 18.8. The van der Waals surface area contributed by atoms with Crippen LogP contribution in [0.2, 0.25) is 5.02 Å². The monoisotopic (exact) mass is 607 g/mol. The van der Waals surface area contributed by atoms with Crippen molar-refractivity contribution in [1.82, 2.24) is 14.7 Å². The molecule has 2 aliphatic heterocycles. The molecule has 38 heavy (non-hydrogen) atoms. The Balaban J connectivity index is 1.26. The number of β-amino-alcohol motifs (C(OH)–C–C–N with tert-alkyl or cyclic N) is 1. The summed E-state index contributed by atoms with van der Waals surface area (Å²) < 4.78 is 12.7. The molecule has 7 nitrogen and oxygen atoms in total. The first kappa shape index (κ1) is 29.2. The fraction of sp³-hybridized carbons (Fsp3) is 0.552. The molecule has 2 aromatic rings. The Bertz CT molecular complexity index is 1080. The topological polar surface area (TPSA) is 65.5 Å². The smallest absolute Gasteiger partial charge is 0.410 e. The Morgan fingerprint density at radius 2 is 1.66 bits per heavy atom. The molecule has 0 unspecified atom stereocenters. The second kappa shape index (κ2) is 12.6. The molecule has 9 heteroatoms. The zero-order valence-electron chi connectivity index (χ0n) is 22.6. The van der Waals surface area contributed by atoms with E-state index in [1.165, 1.54) is 0 Å². The van der Waals surface area contributed by atoms with Crippen LogP contribution < -0.4 is 4.74 Å². The number of hydrogen-bond donors (Lipinski definition) is 1. The third-order valence-corrected chi connectivity index (χ3v) is 7.80. The van der Waals surface area contributed by atoms with Crippen LogP contribution in [0.5, 0.6) is 5.75 Å². The molecule has 2 heterocycles. The largest absolute Gasteiger partial charge is 0.489 e. The zero-order valence-corrected chi connectivity index (χ0v) is 24.9. The second-order valence-electron chi connectivity index (χ2n) is 11.4. The highest BCUT2D eigenvalue weighted by molar-refractivity contribution is 9.10. The van der Waals surface area contributed by atoms with Crippen molar-refractivity contribution in [3.63, 3.8) is 0 Å². The lowest BCUT2D eigenvalue weighted by Gasteiger charge is -2.43. The van der Waals surface area contributed by atoms with Crippen LogP contribution in [0.3, 0.4) is 0 Å². The maximum absolute atomic E-state index is 12.3. The van der Waals surface area contributed by atoms with E-state index in [4.69, 9.17) is 21.1 Å². The average Bonchev–Trinajstić information content (AvgIpc) is 2.85. The molecule has 2 aromatic carbocycles. The van der Waals surface area contributed by atoms with E-state index in [9.17, 15) is 9.90 Å². The van der Waals surface area contributed by atoms with E-state index in [1.807, 2.05) is 57.2 Å². The number of nitrogens with zero attached hydrogens (tertiary/aromatic N) is 3. The molecule has 0 atom stereocenters. The normalized spacial score (nSPS) is 18.8. The molecule has 0 radical (unpaired) electrons. The van der Waals surface area contributed by atoms with Gasteiger partial charge in [-0.3, -0.25) is 9.80 Å². The lowest BCUT2D eigenvalue weighted by Crippen LogP contribution is -2.56. The van der Waals surface area contributed by atoms with Gasteiger partial charge in [0.1, 0.15) is 18.0 Å². The highest BCUT2D eigenvalue weighted by atomic mass is 79.9. The quantitative estimate of drug-likeness (QED) is 0.444. The Morgan fingerprint density at radius 1 is 1.00 bits per heavy atom. The number of aliphatic hydroxyl groups is 1. The number of carbonyl (C=O) groups excluding carboxylic acids is 1. The fourth-order valence-corrected chi connectivity index (χ4v) is 5.45. The summed E-state index contributed by atoms with van der Waals surface area (Å²) in [5.41, 5.74) is 0.988. The van der Waals surface area contributed by atoms with Crippen LogP contribution in [0, 0.1) is 0 Å². The van der Waals surface area contributed by atoms with E-state index < -0.39 is 11.2 Å². The summed E-state index contributed by atoms with van der Waals surface area (Å²) >= 11 is 9.60. The molecule has 2 aliphatic rings. The molecule has 0 saturated carbocycles. The van der Waals surface area contributed by atoms with Crippen molar-refractivity contribution < 1.29 is 19.4 Å². The lowest BCUT2D eigenvalue weighted by atomic mass is 9.90. The van der Waals surface area contributed by atoms with E-state index in [0.29, 0.717) is 44.1 Å². The Morgan fingerprint density at radius 3 is 2.29 bits per heavy atom. The van der Waals surface area contributed by atoms with Crippen molar-refractivity contribution in [2.24, 2.45) is 0 Å². The van der Waals surface area contributed by atoms with Crippen LogP contribution in [-0.2, 0) is 17.9 Å². The number of piperidine rings is 1. The van der Waals surface area contributed by atoms with Crippen molar-refractivity contribution in [1.29, 1.82) is 0 Å². The van der Waals surface area contributed by atoms with Crippen molar-refractivity contribution in [2.45, 2.75) is 58.0 Å². The Kier molecular flexibility index (Phi) is 9.63. The number of amides is 1. The van der Waals surface area contributed by atoms with E-state index >= 15 is 0 Å². The molecular formula is C29H39BrClN3O4. The van der Waals surface area contributed by atoms with Crippen LogP contribution in [0.25, 0.3) is 0 Å². The van der Waals surface area contributed by atoms with Gasteiger partial charge in [0, 0.05) is 67.4 Å². The van der Waals surface area contributed by atoms with Gasteiger partial charge in [0.2, 0.25) is 0 Å². The Hall–Kier alpha value is -1.84. The molecule has 0 aliphatic carbocycles. The predicted molar refractivity (Wildman–Crippen MR) is 154 cm³/mol. The molecule has 1 N–H and O–H groups in total. The summed E-state index contributed by atoms with van der Waals surface area (Å²) in [5, 5.41) is 12.1. The van der Waals surface area contributed by atoms with Gasteiger partial charge in [0.15, 0.2) is 0 Å². The first-order valence-corrected chi connectivity index (χ1v) is 14.5. The van der Waals surface area contributed by atoms with E-state index in [-0.39, 0.29) is 6.09 Å². The molecule has 0 bridgehead atoms. The molecule has 2 saturated heterocycles. The van der Waals surface area contributed by atoms with Gasteiger partial charge < -0.3 is 19.5 Å². The number of likely N-dealkylation sites (tertiary alicyclic amines) is 1. The number of rotatable bonds is 7. The van der Waals surface area contributed by atoms with Gasteiger partial charge >= 0.3 is 6.09 Å². The van der Waals surface area contributed by atoms with Crippen LogP contribution in [0.4, 0.5) is 4.79 Å². The summed E-state index contributed by atoms with van der Waals surface area (Å²) in [6.07, 6.45) is 1.18.